The van der Waals surface area contributed by atoms with Crippen molar-refractivity contribution < 1.29 is 0 Å². The number of piperazine rings is 1. The minimum Gasteiger partial charge on any atom is -0.354 e. The molecule has 1 aliphatic heterocycles. The fraction of sp³-hybridized carbons (Fsp3) is 0.312. The van der Waals surface area contributed by atoms with E-state index in [-0.39, 0.29) is 0 Å². The molecule has 1 fully saturated rings. The number of rotatable bonds is 3. The van der Waals surface area contributed by atoms with Crippen LogP contribution in [0, 0.1) is 6.07 Å². The maximum Gasteiger partial charge on any atom is 0.128 e. The van der Waals surface area contributed by atoms with Gasteiger partial charge in [0.05, 0.1) is 0 Å². The predicted octanol–water partition coefficient (Wildman–Crippen LogP) is 2.20. The van der Waals surface area contributed by atoms with E-state index >= 15 is 0 Å². The summed E-state index contributed by atoms with van der Waals surface area (Å²) in [5.41, 5.74) is 1.39. The molecule has 1 aliphatic rings. The third kappa shape index (κ3) is 3.12. The zero-order valence-electron chi connectivity index (χ0n) is 11.0. The van der Waals surface area contributed by atoms with E-state index in [1.54, 1.807) is 6.20 Å². The summed E-state index contributed by atoms with van der Waals surface area (Å²) in [7, 11) is 0. The second-order valence-electron chi connectivity index (χ2n) is 4.87. The van der Waals surface area contributed by atoms with Crippen molar-refractivity contribution in [3.63, 3.8) is 0 Å². The van der Waals surface area contributed by atoms with E-state index in [4.69, 9.17) is 0 Å². The molecule has 0 N–H and O–H groups in total. The molecule has 19 heavy (non-hydrogen) atoms. The molecule has 0 atom stereocenters. The van der Waals surface area contributed by atoms with Crippen LogP contribution in [0.4, 0.5) is 5.82 Å². The molecular formula is C16H18N3. The van der Waals surface area contributed by atoms with E-state index < -0.39 is 0 Å². The number of hydrogen-bond acceptors (Lipinski definition) is 3. The Morgan fingerprint density at radius 2 is 1.79 bits per heavy atom. The van der Waals surface area contributed by atoms with Crippen LogP contribution in [0.15, 0.2) is 48.7 Å². The summed E-state index contributed by atoms with van der Waals surface area (Å²) in [4.78, 5) is 9.21. The highest BCUT2D eigenvalue weighted by Crippen LogP contribution is 2.14. The SMILES string of the molecule is [c]1ccc(N2CCN(Cc3ccccc3)CC2)nc1. The van der Waals surface area contributed by atoms with Gasteiger partial charge < -0.3 is 4.90 Å². The summed E-state index contributed by atoms with van der Waals surface area (Å²) in [6, 6.07) is 17.6. The Kier molecular flexibility index (Phi) is 3.75. The number of aromatic nitrogens is 1. The van der Waals surface area contributed by atoms with Crippen LogP contribution < -0.4 is 4.90 Å². The molecule has 3 rings (SSSR count). The average molecular weight is 252 g/mol. The molecule has 2 heterocycles. The van der Waals surface area contributed by atoms with Crippen LogP contribution >= 0.6 is 0 Å². The zero-order valence-corrected chi connectivity index (χ0v) is 11.0. The van der Waals surface area contributed by atoms with Crippen LogP contribution in [-0.4, -0.2) is 36.1 Å². The first-order valence-corrected chi connectivity index (χ1v) is 6.75. The Labute approximate surface area is 114 Å². The monoisotopic (exact) mass is 252 g/mol. The lowest BCUT2D eigenvalue weighted by atomic mass is 10.2. The van der Waals surface area contributed by atoms with Gasteiger partial charge in [-0.2, -0.15) is 0 Å². The van der Waals surface area contributed by atoms with Crippen LogP contribution in [0.3, 0.4) is 0 Å². The van der Waals surface area contributed by atoms with Gasteiger partial charge in [0.1, 0.15) is 5.82 Å². The van der Waals surface area contributed by atoms with E-state index in [9.17, 15) is 0 Å². The molecule has 97 valence electrons. The Balaban J connectivity index is 1.55. The first-order valence-electron chi connectivity index (χ1n) is 6.75. The lowest BCUT2D eigenvalue weighted by molar-refractivity contribution is 0.249. The Hall–Kier alpha value is -1.87. The smallest absolute Gasteiger partial charge is 0.128 e. The summed E-state index contributed by atoms with van der Waals surface area (Å²) in [5, 5.41) is 0. The molecule has 3 heteroatoms. The fourth-order valence-corrected chi connectivity index (χ4v) is 2.48. The van der Waals surface area contributed by atoms with Gasteiger partial charge in [0.15, 0.2) is 0 Å². The van der Waals surface area contributed by atoms with Gasteiger partial charge in [-0.15, -0.1) is 0 Å². The molecule has 0 spiro atoms. The van der Waals surface area contributed by atoms with Gasteiger partial charge in [0, 0.05) is 45.0 Å². The van der Waals surface area contributed by atoms with Gasteiger partial charge in [-0.05, 0) is 17.7 Å². The maximum absolute atomic E-state index is 4.36. The Morgan fingerprint density at radius 3 is 2.47 bits per heavy atom. The largest absolute Gasteiger partial charge is 0.354 e. The van der Waals surface area contributed by atoms with Crippen molar-refractivity contribution in [3.05, 3.63) is 60.3 Å². The first kappa shape index (κ1) is 12.2. The minimum atomic E-state index is 1.05. The van der Waals surface area contributed by atoms with E-state index in [0.29, 0.717) is 0 Å². The number of hydrogen-bond donors (Lipinski definition) is 0. The van der Waals surface area contributed by atoms with Crippen molar-refractivity contribution in [3.8, 4) is 0 Å². The summed E-state index contributed by atoms with van der Waals surface area (Å²) < 4.78 is 0. The van der Waals surface area contributed by atoms with Crippen molar-refractivity contribution in [2.45, 2.75) is 6.54 Å². The molecular weight excluding hydrogens is 234 g/mol. The van der Waals surface area contributed by atoms with E-state index in [1.165, 1.54) is 5.56 Å². The topological polar surface area (TPSA) is 19.4 Å². The molecule has 0 unspecified atom stereocenters. The molecule has 3 nitrogen and oxygen atoms in total. The summed E-state index contributed by atoms with van der Waals surface area (Å²) in [6.07, 6.45) is 1.74. The highest BCUT2D eigenvalue weighted by atomic mass is 15.3. The number of nitrogens with zero attached hydrogens (tertiary/aromatic N) is 3. The third-order valence-corrected chi connectivity index (χ3v) is 3.55. The van der Waals surface area contributed by atoms with Crippen molar-refractivity contribution in [1.82, 2.24) is 9.88 Å². The van der Waals surface area contributed by atoms with Crippen LogP contribution in [0.2, 0.25) is 0 Å². The zero-order chi connectivity index (χ0) is 12.9. The van der Waals surface area contributed by atoms with E-state index in [2.05, 4.69) is 51.2 Å². The summed E-state index contributed by atoms with van der Waals surface area (Å²) in [6.45, 7) is 5.32. The normalized spacial score (nSPS) is 16.5. The molecule has 1 saturated heterocycles. The quantitative estimate of drug-likeness (QED) is 0.835. The number of anilines is 1. The molecule has 1 aromatic heterocycles. The summed E-state index contributed by atoms with van der Waals surface area (Å²) >= 11 is 0. The van der Waals surface area contributed by atoms with Crippen molar-refractivity contribution in [2.24, 2.45) is 0 Å². The molecule has 0 amide bonds. The standard InChI is InChI=1S/C16H18N3/c1-2-6-15(7-3-1)14-18-10-12-19(13-11-18)16-8-4-5-9-17-16/h1-4,6-9H,10-14H2. The maximum atomic E-state index is 4.36. The lowest BCUT2D eigenvalue weighted by Gasteiger charge is -2.35. The van der Waals surface area contributed by atoms with Gasteiger partial charge in [0.2, 0.25) is 0 Å². The van der Waals surface area contributed by atoms with Crippen LogP contribution in [0.1, 0.15) is 5.56 Å². The van der Waals surface area contributed by atoms with Gasteiger partial charge in [-0.25, -0.2) is 4.98 Å². The molecule has 1 radical (unpaired) electrons. The fourth-order valence-electron chi connectivity index (χ4n) is 2.48. The second-order valence-corrected chi connectivity index (χ2v) is 4.87. The molecule has 1 aromatic carbocycles. The van der Waals surface area contributed by atoms with Gasteiger partial charge in [0.25, 0.3) is 0 Å². The molecule has 0 saturated carbocycles. The van der Waals surface area contributed by atoms with Gasteiger partial charge in [-0.1, -0.05) is 30.3 Å². The number of benzene rings is 1. The average Bonchev–Trinajstić information content (AvgIpc) is 2.50. The highest BCUT2D eigenvalue weighted by molar-refractivity contribution is 5.38. The minimum absolute atomic E-state index is 1.05. The van der Waals surface area contributed by atoms with E-state index in [1.807, 2.05) is 12.1 Å². The molecule has 2 aromatic rings. The lowest BCUT2D eigenvalue weighted by Crippen LogP contribution is -2.46. The number of pyridine rings is 1. The highest BCUT2D eigenvalue weighted by Gasteiger charge is 2.17. The third-order valence-electron chi connectivity index (χ3n) is 3.55. The van der Waals surface area contributed by atoms with Crippen molar-refractivity contribution >= 4 is 5.82 Å². The van der Waals surface area contributed by atoms with E-state index in [0.717, 1.165) is 38.5 Å². The molecule has 0 aliphatic carbocycles. The first-order chi connectivity index (χ1) is 9.42. The second kappa shape index (κ2) is 5.85. The van der Waals surface area contributed by atoms with Crippen molar-refractivity contribution in [1.29, 1.82) is 0 Å². The Bertz CT molecular complexity index is 490. The summed E-state index contributed by atoms with van der Waals surface area (Å²) in [5.74, 6) is 1.07. The van der Waals surface area contributed by atoms with Crippen LogP contribution in [0.25, 0.3) is 0 Å². The Morgan fingerprint density at radius 1 is 1.00 bits per heavy atom. The van der Waals surface area contributed by atoms with Gasteiger partial charge >= 0.3 is 0 Å². The predicted molar refractivity (Wildman–Crippen MR) is 77.0 cm³/mol. The van der Waals surface area contributed by atoms with Crippen LogP contribution in [-0.2, 0) is 6.54 Å². The molecule has 0 bridgehead atoms. The van der Waals surface area contributed by atoms with Crippen molar-refractivity contribution in [2.75, 3.05) is 31.1 Å². The van der Waals surface area contributed by atoms with Crippen LogP contribution in [0.5, 0.6) is 0 Å². The van der Waals surface area contributed by atoms with Gasteiger partial charge in [-0.3, -0.25) is 4.90 Å².